The van der Waals surface area contributed by atoms with Crippen molar-refractivity contribution in [2.24, 2.45) is 28.9 Å². The molecule has 2 fully saturated rings. The zero-order valence-electron chi connectivity index (χ0n) is 13.9. The normalized spacial score (nSPS) is 47.5. The van der Waals surface area contributed by atoms with Crippen LogP contribution in [0, 0.1) is 23.2 Å². The van der Waals surface area contributed by atoms with Gasteiger partial charge in [-0.1, -0.05) is 34.6 Å². The molecular weight excluding hydrogens is 232 g/mol. The second-order valence-corrected chi connectivity index (χ2v) is 8.46. The van der Waals surface area contributed by atoms with Crippen molar-refractivity contribution >= 4 is 0 Å². The van der Waals surface area contributed by atoms with Crippen LogP contribution in [-0.4, -0.2) is 29.6 Å². The lowest BCUT2D eigenvalue weighted by Crippen LogP contribution is -2.63. The second kappa shape index (κ2) is 5.04. The first-order valence-electron chi connectivity index (χ1n) is 8.18. The molecule has 0 aromatic carbocycles. The number of hydrogen-bond donors (Lipinski definition) is 1. The highest BCUT2D eigenvalue weighted by molar-refractivity contribution is 5.08. The Bertz CT molecular complexity index is 325. The lowest BCUT2D eigenvalue weighted by atomic mass is 9.77. The average molecular weight is 266 g/mol. The van der Waals surface area contributed by atoms with Gasteiger partial charge in [0.1, 0.15) is 0 Å². The van der Waals surface area contributed by atoms with E-state index in [0.717, 1.165) is 18.4 Å². The summed E-state index contributed by atoms with van der Waals surface area (Å²) in [6.07, 6.45) is 3.95. The molecule has 112 valence electrons. The van der Waals surface area contributed by atoms with Crippen LogP contribution in [0.15, 0.2) is 0 Å². The number of nitrogens with two attached hydrogens (primary N) is 1. The van der Waals surface area contributed by atoms with Gasteiger partial charge < -0.3 is 5.73 Å². The summed E-state index contributed by atoms with van der Waals surface area (Å²) in [4.78, 5) is 2.80. The minimum atomic E-state index is 0.242. The second-order valence-electron chi connectivity index (χ2n) is 8.46. The Morgan fingerprint density at radius 2 is 1.79 bits per heavy atom. The predicted octanol–water partition coefficient (Wildman–Crippen LogP) is 3.51. The van der Waals surface area contributed by atoms with Gasteiger partial charge in [-0.05, 0) is 49.4 Å². The predicted molar refractivity (Wildman–Crippen MR) is 83.1 cm³/mol. The summed E-state index contributed by atoms with van der Waals surface area (Å²) >= 11 is 0. The average Bonchev–Trinajstić information content (AvgIpc) is 2.54. The highest BCUT2D eigenvalue weighted by atomic mass is 15.3. The largest absolute Gasteiger partial charge is 0.329 e. The Labute approximate surface area is 120 Å². The van der Waals surface area contributed by atoms with Crippen molar-refractivity contribution in [3.63, 3.8) is 0 Å². The van der Waals surface area contributed by atoms with Gasteiger partial charge in [-0.15, -0.1) is 0 Å². The zero-order valence-corrected chi connectivity index (χ0v) is 13.9. The number of hydrogen-bond acceptors (Lipinski definition) is 2. The third kappa shape index (κ3) is 2.58. The molecule has 0 bridgehead atoms. The summed E-state index contributed by atoms with van der Waals surface area (Å²) in [5.74, 6) is 2.32. The van der Waals surface area contributed by atoms with E-state index in [1.165, 1.54) is 25.8 Å². The maximum atomic E-state index is 6.32. The Morgan fingerprint density at radius 1 is 1.16 bits per heavy atom. The molecule has 1 aliphatic carbocycles. The summed E-state index contributed by atoms with van der Waals surface area (Å²) in [5, 5.41) is 0. The molecule has 19 heavy (non-hydrogen) atoms. The first-order valence-corrected chi connectivity index (χ1v) is 8.18. The van der Waals surface area contributed by atoms with Gasteiger partial charge in [0.15, 0.2) is 0 Å². The molecule has 2 nitrogen and oxygen atoms in total. The Hall–Kier alpha value is -0.0800. The molecule has 0 amide bonds. The van der Waals surface area contributed by atoms with Crippen LogP contribution >= 0.6 is 0 Å². The molecule has 0 radical (unpaired) electrons. The summed E-state index contributed by atoms with van der Waals surface area (Å²) in [7, 11) is 0. The molecule has 2 N–H and O–H groups in total. The SMILES string of the molecule is CC1CC(C)C(C)N(C2(CN)CC(C)(C)CC2C)C1. The van der Waals surface area contributed by atoms with Crippen molar-refractivity contribution in [3.05, 3.63) is 0 Å². The lowest BCUT2D eigenvalue weighted by Gasteiger charge is -2.53. The van der Waals surface area contributed by atoms with Crippen molar-refractivity contribution in [1.29, 1.82) is 0 Å². The molecule has 0 aromatic heterocycles. The number of rotatable bonds is 2. The summed E-state index contributed by atoms with van der Waals surface area (Å²) in [6.45, 7) is 16.6. The molecule has 0 spiro atoms. The minimum absolute atomic E-state index is 0.242. The fourth-order valence-electron chi connectivity index (χ4n) is 5.17. The van der Waals surface area contributed by atoms with E-state index in [4.69, 9.17) is 5.73 Å². The van der Waals surface area contributed by atoms with Crippen LogP contribution in [0.2, 0.25) is 0 Å². The Balaban J connectivity index is 2.30. The quantitative estimate of drug-likeness (QED) is 0.829. The highest BCUT2D eigenvalue weighted by Crippen LogP contribution is 2.52. The molecule has 1 aliphatic heterocycles. The van der Waals surface area contributed by atoms with Crippen LogP contribution in [-0.2, 0) is 0 Å². The monoisotopic (exact) mass is 266 g/mol. The van der Waals surface area contributed by atoms with Crippen molar-refractivity contribution < 1.29 is 0 Å². The van der Waals surface area contributed by atoms with Gasteiger partial charge >= 0.3 is 0 Å². The van der Waals surface area contributed by atoms with Crippen LogP contribution in [0.1, 0.15) is 60.8 Å². The van der Waals surface area contributed by atoms with Gasteiger partial charge in [0.2, 0.25) is 0 Å². The standard InChI is InChI=1S/C17H34N2/c1-12-7-13(2)15(4)19(9-12)17(11-18)10-16(5,6)8-14(17)3/h12-15H,7-11,18H2,1-6H3. The molecular formula is C17H34N2. The van der Waals surface area contributed by atoms with E-state index in [9.17, 15) is 0 Å². The lowest BCUT2D eigenvalue weighted by molar-refractivity contribution is -0.0354. The maximum absolute atomic E-state index is 6.32. The van der Waals surface area contributed by atoms with Gasteiger partial charge in [0.05, 0.1) is 0 Å². The zero-order chi connectivity index (χ0) is 14.4. The molecule has 2 rings (SSSR count). The van der Waals surface area contributed by atoms with Crippen LogP contribution < -0.4 is 5.73 Å². The molecule has 1 heterocycles. The van der Waals surface area contributed by atoms with Crippen molar-refractivity contribution in [2.45, 2.75) is 72.4 Å². The molecule has 0 aromatic rings. The third-order valence-electron chi connectivity index (χ3n) is 6.08. The third-order valence-corrected chi connectivity index (χ3v) is 6.08. The van der Waals surface area contributed by atoms with Crippen LogP contribution in [0.25, 0.3) is 0 Å². The van der Waals surface area contributed by atoms with Gasteiger partial charge in [-0.25, -0.2) is 0 Å². The van der Waals surface area contributed by atoms with Crippen molar-refractivity contribution in [1.82, 2.24) is 4.90 Å². The van der Waals surface area contributed by atoms with Crippen LogP contribution in [0.3, 0.4) is 0 Å². The van der Waals surface area contributed by atoms with E-state index in [-0.39, 0.29) is 5.54 Å². The topological polar surface area (TPSA) is 29.3 Å². The van der Waals surface area contributed by atoms with Crippen LogP contribution in [0.5, 0.6) is 0 Å². The molecule has 5 atom stereocenters. The van der Waals surface area contributed by atoms with E-state index >= 15 is 0 Å². The van der Waals surface area contributed by atoms with Gasteiger partial charge in [-0.3, -0.25) is 4.90 Å². The smallest absolute Gasteiger partial charge is 0.0365 e. The summed E-state index contributed by atoms with van der Waals surface area (Å²) in [5.41, 5.74) is 7.01. The molecule has 1 saturated heterocycles. The first-order chi connectivity index (χ1) is 8.72. The molecule has 5 unspecified atom stereocenters. The minimum Gasteiger partial charge on any atom is -0.329 e. The van der Waals surface area contributed by atoms with Crippen LogP contribution in [0.4, 0.5) is 0 Å². The summed E-state index contributed by atoms with van der Waals surface area (Å²) in [6, 6.07) is 0.677. The van der Waals surface area contributed by atoms with E-state index in [1.54, 1.807) is 0 Å². The number of likely N-dealkylation sites (tertiary alicyclic amines) is 1. The molecule has 1 saturated carbocycles. The maximum Gasteiger partial charge on any atom is 0.0365 e. The van der Waals surface area contributed by atoms with E-state index < -0.39 is 0 Å². The highest BCUT2D eigenvalue weighted by Gasteiger charge is 2.53. The van der Waals surface area contributed by atoms with E-state index in [0.29, 0.717) is 17.4 Å². The van der Waals surface area contributed by atoms with Gasteiger partial charge in [-0.2, -0.15) is 0 Å². The molecule has 2 heteroatoms. The van der Waals surface area contributed by atoms with E-state index in [1.807, 2.05) is 0 Å². The first kappa shape index (κ1) is 15.3. The van der Waals surface area contributed by atoms with Gasteiger partial charge in [0.25, 0.3) is 0 Å². The van der Waals surface area contributed by atoms with Gasteiger partial charge in [0, 0.05) is 24.7 Å². The fourth-order valence-corrected chi connectivity index (χ4v) is 5.17. The summed E-state index contributed by atoms with van der Waals surface area (Å²) < 4.78 is 0. The fraction of sp³-hybridized carbons (Fsp3) is 1.00. The van der Waals surface area contributed by atoms with Crippen molar-refractivity contribution in [3.8, 4) is 0 Å². The number of piperidine rings is 1. The Kier molecular flexibility index (Phi) is 4.06. The Morgan fingerprint density at radius 3 is 2.26 bits per heavy atom. The van der Waals surface area contributed by atoms with Crippen molar-refractivity contribution in [2.75, 3.05) is 13.1 Å². The number of nitrogens with zero attached hydrogens (tertiary/aromatic N) is 1. The van der Waals surface area contributed by atoms with E-state index in [2.05, 4.69) is 46.4 Å². The molecule has 2 aliphatic rings.